The first kappa shape index (κ1) is 19.2. The summed E-state index contributed by atoms with van der Waals surface area (Å²) in [7, 11) is -1.82. The molecule has 1 N–H and O–H groups in total. The number of methoxy groups -OCH3 is 1. The Morgan fingerprint density at radius 1 is 1.27 bits per heavy atom. The van der Waals surface area contributed by atoms with Gasteiger partial charge in [0.1, 0.15) is 12.4 Å². The molecular weight excluding hydrogens is 328 g/mol. The largest absolute Gasteiger partial charge is 0.491 e. The average Bonchev–Trinajstić information content (AvgIpc) is 2.48. The summed E-state index contributed by atoms with van der Waals surface area (Å²) in [6.07, 6.45) is 0. The Labute approximate surface area is 138 Å². The molecular formula is C14H23ClN2O4S. The Kier molecular flexibility index (Phi) is 7.58. The second-order valence-electron chi connectivity index (χ2n) is 5.03. The zero-order valence-electron chi connectivity index (χ0n) is 12.8. The second kappa shape index (κ2) is 8.69. The molecule has 0 amide bonds. The van der Waals surface area contributed by atoms with Crippen molar-refractivity contribution in [1.29, 1.82) is 0 Å². The fourth-order valence-corrected chi connectivity index (χ4v) is 3.74. The highest BCUT2D eigenvalue weighted by Crippen LogP contribution is 2.20. The molecule has 1 aromatic carbocycles. The standard InChI is InChI=1S/C14H22N2O4S.ClH/c1-12-11-16(8-7-15-12)21(17,18)14-5-3-13(4-6-14)20-10-9-19-2;/h3-6,12,15H,7-11H2,1-2H3;1H/t12-;/m1./s1. The van der Waals surface area contributed by atoms with E-state index >= 15 is 0 Å². The first-order valence-electron chi connectivity index (χ1n) is 6.99. The van der Waals surface area contributed by atoms with Crippen LogP contribution >= 0.6 is 12.4 Å². The van der Waals surface area contributed by atoms with E-state index in [0.29, 0.717) is 43.5 Å². The molecule has 1 saturated heterocycles. The molecule has 1 aliphatic rings. The van der Waals surface area contributed by atoms with Gasteiger partial charge in [0, 0.05) is 32.8 Å². The Hall–Kier alpha value is -0.860. The molecule has 0 spiro atoms. The van der Waals surface area contributed by atoms with Crippen LogP contribution in [0.1, 0.15) is 6.92 Å². The van der Waals surface area contributed by atoms with Crippen molar-refractivity contribution in [2.45, 2.75) is 17.9 Å². The third kappa shape index (κ3) is 4.82. The zero-order chi connectivity index (χ0) is 15.3. The number of hydrogen-bond donors (Lipinski definition) is 1. The van der Waals surface area contributed by atoms with E-state index in [9.17, 15) is 8.42 Å². The summed E-state index contributed by atoms with van der Waals surface area (Å²) < 4.78 is 36.9. The molecule has 0 aliphatic carbocycles. The van der Waals surface area contributed by atoms with E-state index in [-0.39, 0.29) is 18.4 Å². The number of nitrogens with zero attached hydrogens (tertiary/aromatic N) is 1. The summed E-state index contributed by atoms with van der Waals surface area (Å²) >= 11 is 0. The van der Waals surface area contributed by atoms with Crippen LogP contribution in [0.5, 0.6) is 5.75 Å². The number of nitrogens with one attached hydrogen (secondary N) is 1. The van der Waals surface area contributed by atoms with Crippen LogP contribution in [0, 0.1) is 0 Å². The van der Waals surface area contributed by atoms with Crippen LogP contribution in [-0.2, 0) is 14.8 Å². The fraction of sp³-hybridized carbons (Fsp3) is 0.571. The first-order valence-corrected chi connectivity index (χ1v) is 8.43. The quantitative estimate of drug-likeness (QED) is 0.779. The fourth-order valence-electron chi connectivity index (χ4n) is 2.22. The number of rotatable bonds is 6. The van der Waals surface area contributed by atoms with Gasteiger partial charge in [-0.25, -0.2) is 8.42 Å². The molecule has 6 nitrogen and oxygen atoms in total. The van der Waals surface area contributed by atoms with Crippen LogP contribution in [0.2, 0.25) is 0 Å². The lowest BCUT2D eigenvalue weighted by atomic mass is 10.3. The maximum atomic E-state index is 12.5. The molecule has 0 radical (unpaired) electrons. The molecule has 2 rings (SSSR count). The summed E-state index contributed by atoms with van der Waals surface area (Å²) in [6, 6.07) is 6.70. The van der Waals surface area contributed by atoms with Crippen molar-refractivity contribution in [3.05, 3.63) is 24.3 Å². The Bertz CT molecular complexity index is 550. The van der Waals surface area contributed by atoms with Gasteiger partial charge in [0.05, 0.1) is 11.5 Å². The SMILES string of the molecule is COCCOc1ccc(S(=O)(=O)N2CCN[C@H](C)C2)cc1.Cl. The highest BCUT2D eigenvalue weighted by Gasteiger charge is 2.28. The Morgan fingerprint density at radius 3 is 2.55 bits per heavy atom. The van der Waals surface area contributed by atoms with E-state index < -0.39 is 10.0 Å². The van der Waals surface area contributed by atoms with Crippen LogP contribution in [-0.4, -0.2) is 58.7 Å². The molecule has 8 heteroatoms. The van der Waals surface area contributed by atoms with Gasteiger partial charge in [0.25, 0.3) is 0 Å². The zero-order valence-corrected chi connectivity index (χ0v) is 14.5. The van der Waals surface area contributed by atoms with Crippen molar-refractivity contribution in [2.75, 3.05) is 40.0 Å². The lowest BCUT2D eigenvalue weighted by molar-refractivity contribution is 0.146. The van der Waals surface area contributed by atoms with Gasteiger partial charge in [-0.15, -0.1) is 12.4 Å². The number of ether oxygens (including phenoxy) is 2. The van der Waals surface area contributed by atoms with E-state index in [1.165, 1.54) is 4.31 Å². The second-order valence-corrected chi connectivity index (χ2v) is 6.97. The van der Waals surface area contributed by atoms with E-state index in [4.69, 9.17) is 9.47 Å². The molecule has 1 aliphatic heterocycles. The van der Waals surface area contributed by atoms with Gasteiger partial charge in [-0.3, -0.25) is 0 Å². The minimum Gasteiger partial charge on any atom is -0.491 e. The minimum absolute atomic E-state index is 0. The molecule has 0 aromatic heterocycles. The lowest BCUT2D eigenvalue weighted by Crippen LogP contribution is -2.51. The van der Waals surface area contributed by atoms with Crippen molar-refractivity contribution < 1.29 is 17.9 Å². The monoisotopic (exact) mass is 350 g/mol. The predicted molar refractivity (Wildman–Crippen MR) is 87.3 cm³/mol. The number of benzene rings is 1. The predicted octanol–water partition coefficient (Wildman–Crippen LogP) is 1.12. The number of piperazine rings is 1. The van der Waals surface area contributed by atoms with Gasteiger partial charge in [0.15, 0.2) is 0 Å². The highest BCUT2D eigenvalue weighted by atomic mass is 35.5. The highest BCUT2D eigenvalue weighted by molar-refractivity contribution is 7.89. The summed E-state index contributed by atoms with van der Waals surface area (Å²) in [5.74, 6) is 0.639. The Morgan fingerprint density at radius 2 is 1.95 bits per heavy atom. The van der Waals surface area contributed by atoms with E-state index in [2.05, 4.69) is 5.32 Å². The van der Waals surface area contributed by atoms with E-state index in [0.717, 1.165) is 0 Å². The smallest absolute Gasteiger partial charge is 0.243 e. The minimum atomic E-state index is -3.42. The maximum Gasteiger partial charge on any atom is 0.243 e. The van der Waals surface area contributed by atoms with Crippen molar-refractivity contribution in [2.24, 2.45) is 0 Å². The number of halogens is 1. The van der Waals surface area contributed by atoms with Crippen LogP contribution in [0.3, 0.4) is 0 Å². The van der Waals surface area contributed by atoms with Gasteiger partial charge >= 0.3 is 0 Å². The summed E-state index contributed by atoms with van der Waals surface area (Å²) in [5, 5.41) is 3.24. The van der Waals surface area contributed by atoms with Crippen molar-refractivity contribution in [1.82, 2.24) is 9.62 Å². The normalized spacial score (nSPS) is 19.5. The van der Waals surface area contributed by atoms with E-state index in [1.54, 1.807) is 31.4 Å². The topological polar surface area (TPSA) is 67.9 Å². The Balaban J connectivity index is 0.00000242. The number of hydrogen-bond acceptors (Lipinski definition) is 5. The molecule has 0 unspecified atom stereocenters. The third-order valence-electron chi connectivity index (χ3n) is 3.35. The molecule has 1 fully saturated rings. The molecule has 0 bridgehead atoms. The van der Waals surface area contributed by atoms with Crippen LogP contribution in [0.15, 0.2) is 29.2 Å². The van der Waals surface area contributed by atoms with Crippen molar-refractivity contribution >= 4 is 22.4 Å². The molecule has 1 aromatic rings. The van der Waals surface area contributed by atoms with Gasteiger partial charge in [0.2, 0.25) is 10.0 Å². The van der Waals surface area contributed by atoms with E-state index in [1.807, 2.05) is 6.92 Å². The lowest BCUT2D eigenvalue weighted by Gasteiger charge is -2.31. The molecule has 1 heterocycles. The van der Waals surface area contributed by atoms with Crippen LogP contribution < -0.4 is 10.1 Å². The summed E-state index contributed by atoms with van der Waals surface area (Å²) in [6.45, 7) is 4.59. The van der Waals surface area contributed by atoms with Gasteiger partial charge < -0.3 is 14.8 Å². The van der Waals surface area contributed by atoms with Crippen LogP contribution in [0.4, 0.5) is 0 Å². The van der Waals surface area contributed by atoms with Crippen LogP contribution in [0.25, 0.3) is 0 Å². The van der Waals surface area contributed by atoms with Crippen molar-refractivity contribution in [3.63, 3.8) is 0 Å². The number of sulfonamides is 1. The molecule has 126 valence electrons. The molecule has 0 saturated carbocycles. The molecule has 1 atom stereocenters. The summed E-state index contributed by atoms with van der Waals surface area (Å²) in [4.78, 5) is 0.302. The molecule has 22 heavy (non-hydrogen) atoms. The van der Waals surface area contributed by atoms with Crippen molar-refractivity contribution in [3.8, 4) is 5.75 Å². The summed E-state index contributed by atoms with van der Waals surface area (Å²) in [5.41, 5.74) is 0. The third-order valence-corrected chi connectivity index (χ3v) is 5.23. The first-order chi connectivity index (χ1) is 10.0. The average molecular weight is 351 g/mol. The maximum absolute atomic E-state index is 12.5. The van der Waals surface area contributed by atoms with Gasteiger partial charge in [-0.1, -0.05) is 0 Å². The van der Waals surface area contributed by atoms with Gasteiger partial charge in [-0.2, -0.15) is 4.31 Å². The van der Waals surface area contributed by atoms with Gasteiger partial charge in [-0.05, 0) is 31.2 Å².